The molecule has 6 heteroatoms. The van der Waals surface area contributed by atoms with Gasteiger partial charge in [-0.25, -0.2) is 0 Å². The number of H-pyrrole nitrogens is 1. The number of nitrogens with one attached hydrogen (secondary N) is 2. The Labute approximate surface area is 165 Å². The summed E-state index contributed by atoms with van der Waals surface area (Å²) in [5.74, 6) is 1.74. The van der Waals surface area contributed by atoms with E-state index in [0.29, 0.717) is 5.25 Å². The van der Waals surface area contributed by atoms with Crippen LogP contribution in [0.15, 0.2) is 29.3 Å². The molecule has 0 aliphatic carbocycles. The van der Waals surface area contributed by atoms with Crippen LogP contribution in [0.2, 0.25) is 0 Å². The van der Waals surface area contributed by atoms with Crippen molar-refractivity contribution in [3.63, 3.8) is 0 Å². The number of ether oxygens (including phenoxy) is 1. The number of benzene rings is 1. The number of thioether (sulfide) groups is 1. The number of aromatic amines is 1. The van der Waals surface area contributed by atoms with E-state index in [1.807, 2.05) is 37.0 Å². The van der Waals surface area contributed by atoms with Crippen LogP contribution in [0.25, 0.3) is 10.9 Å². The zero-order valence-corrected chi connectivity index (χ0v) is 17.5. The Kier molecular flexibility index (Phi) is 6.26. The summed E-state index contributed by atoms with van der Waals surface area (Å²) in [5, 5.41) is 12.5. The molecule has 3 aromatic rings. The number of anilines is 2. The first-order valence-electron chi connectivity index (χ1n) is 9.49. The van der Waals surface area contributed by atoms with Crippen molar-refractivity contribution in [1.82, 2.24) is 15.2 Å². The molecule has 5 nitrogen and oxygen atoms in total. The molecule has 144 valence electrons. The van der Waals surface area contributed by atoms with Crippen LogP contribution >= 0.6 is 11.8 Å². The predicted molar refractivity (Wildman–Crippen MR) is 114 cm³/mol. The molecule has 0 fully saturated rings. The van der Waals surface area contributed by atoms with Crippen molar-refractivity contribution >= 4 is 34.2 Å². The van der Waals surface area contributed by atoms with E-state index in [1.54, 1.807) is 7.11 Å². The zero-order chi connectivity index (χ0) is 19.4. The second-order valence-electron chi connectivity index (χ2n) is 6.76. The smallest absolute Gasteiger partial charge is 0.155 e. The Morgan fingerprint density at radius 2 is 2.07 bits per heavy atom. The van der Waals surface area contributed by atoms with E-state index in [9.17, 15) is 0 Å². The second-order valence-corrected chi connectivity index (χ2v) is 8.10. The minimum atomic E-state index is 0.589. The Morgan fingerprint density at radius 1 is 1.26 bits per heavy atom. The van der Waals surface area contributed by atoms with Crippen LogP contribution in [0.5, 0.6) is 5.75 Å². The van der Waals surface area contributed by atoms with Gasteiger partial charge >= 0.3 is 0 Å². The van der Waals surface area contributed by atoms with Crippen molar-refractivity contribution in [3.05, 3.63) is 35.7 Å². The van der Waals surface area contributed by atoms with E-state index in [0.717, 1.165) is 50.7 Å². The second kappa shape index (κ2) is 8.65. The highest BCUT2D eigenvalue weighted by Crippen LogP contribution is 2.39. The molecule has 2 N–H and O–H groups in total. The maximum absolute atomic E-state index is 5.66. The van der Waals surface area contributed by atoms with Gasteiger partial charge in [0, 0.05) is 34.2 Å². The number of hydrogen-bond donors (Lipinski definition) is 2. The lowest BCUT2D eigenvalue weighted by molar-refractivity contribution is 0.405. The van der Waals surface area contributed by atoms with Gasteiger partial charge in [0.15, 0.2) is 5.82 Å². The highest BCUT2D eigenvalue weighted by Gasteiger charge is 2.15. The highest BCUT2D eigenvalue weighted by molar-refractivity contribution is 8.00. The van der Waals surface area contributed by atoms with Crippen LogP contribution in [-0.2, 0) is 0 Å². The molecule has 1 atom stereocenters. The molecule has 2 heterocycles. The summed E-state index contributed by atoms with van der Waals surface area (Å²) in [7, 11) is 1.73. The van der Waals surface area contributed by atoms with Gasteiger partial charge in [0.2, 0.25) is 0 Å². The molecular formula is C21H28N4OS. The first-order chi connectivity index (χ1) is 13.1. The summed E-state index contributed by atoms with van der Waals surface area (Å²) in [6, 6.07) is 6.22. The van der Waals surface area contributed by atoms with E-state index in [4.69, 9.17) is 4.74 Å². The van der Waals surface area contributed by atoms with E-state index in [-0.39, 0.29) is 0 Å². The molecule has 27 heavy (non-hydrogen) atoms. The van der Waals surface area contributed by atoms with Gasteiger partial charge in [0.1, 0.15) is 5.75 Å². The Hall–Kier alpha value is -2.21. The Balaban J connectivity index is 2.02. The normalized spacial score (nSPS) is 12.3. The lowest BCUT2D eigenvalue weighted by Crippen LogP contribution is -2.01. The van der Waals surface area contributed by atoms with Gasteiger partial charge in [-0.2, -0.15) is 5.10 Å². The highest BCUT2D eigenvalue weighted by atomic mass is 32.2. The fourth-order valence-electron chi connectivity index (χ4n) is 3.10. The number of methoxy groups -OCH3 is 1. The van der Waals surface area contributed by atoms with Crippen LogP contribution in [0.1, 0.15) is 44.4 Å². The molecule has 0 spiro atoms. The maximum Gasteiger partial charge on any atom is 0.155 e. The number of pyridine rings is 1. The van der Waals surface area contributed by atoms with Gasteiger partial charge in [0.05, 0.1) is 23.2 Å². The van der Waals surface area contributed by atoms with Crippen molar-refractivity contribution in [1.29, 1.82) is 0 Å². The summed E-state index contributed by atoms with van der Waals surface area (Å²) < 4.78 is 5.66. The molecule has 1 aromatic carbocycles. The third-order valence-corrected chi connectivity index (χ3v) is 6.37. The number of hydrogen-bond acceptors (Lipinski definition) is 5. The maximum atomic E-state index is 5.66. The summed E-state index contributed by atoms with van der Waals surface area (Å²) in [6.45, 7) is 8.57. The topological polar surface area (TPSA) is 62.8 Å². The number of fused-ring (bicyclic) bond motifs is 1. The van der Waals surface area contributed by atoms with E-state index < -0.39 is 0 Å². The number of aromatic nitrogens is 3. The van der Waals surface area contributed by atoms with Crippen molar-refractivity contribution in [2.45, 2.75) is 57.1 Å². The standard InChI is InChI=1S/C21H28N4OS/c1-6-8-15(7-2)27-20-11-16-17(23-21-13(3)14(4)24-25-21)9-10-22-18(16)12-19(20)26-5/h9-12,15H,6-8H2,1-5H3,(H2,22,23,24,25). The summed E-state index contributed by atoms with van der Waals surface area (Å²) >= 11 is 1.90. The van der Waals surface area contributed by atoms with Crippen molar-refractivity contribution in [3.8, 4) is 5.75 Å². The van der Waals surface area contributed by atoms with Gasteiger partial charge in [-0.3, -0.25) is 10.1 Å². The average Bonchev–Trinajstić information content (AvgIpc) is 2.99. The molecular weight excluding hydrogens is 356 g/mol. The predicted octanol–water partition coefficient (Wildman–Crippen LogP) is 6.00. The van der Waals surface area contributed by atoms with Crippen LogP contribution in [-0.4, -0.2) is 27.5 Å². The molecule has 0 amide bonds. The van der Waals surface area contributed by atoms with Crippen LogP contribution in [0, 0.1) is 13.8 Å². The van der Waals surface area contributed by atoms with Crippen LogP contribution in [0.4, 0.5) is 11.5 Å². The fourth-order valence-corrected chi connectivity index (χ4v) is 4.42. The number of nitrogens with zero attached hydrogens (tertiary/aromatic N) is 2. The molecule has 1 unspecified atom stereocenters. The van der Waals surface area contributed by atoms with Gasteiger partial charge < -0.3 is 10.1 Å². The minimum absolute atomic E-state index is 0.589. The van der Waals surface area contributed by atoms with Crippen molar-refractivity contribution in [2.24, 2.45) is 0 Å². The third kappa shape index (κ3) is 4.21. The van der Waals surface area contributed by atoms with Gasteiger partial charge in [-0.1, -0.05) is 20.3 Å². The van der Waals surface area contributed by atoms with E-state index in [1.165, 1.54) is 12.8 Å². The Bertz CT molecular complexity index is 922. The Morgan fingerprint density at radius 3 is 2.70 bits per heavy atom. The molecule has 0 saturated heterocycles. The van der Waals surface area contributed by atoms with Crippen molar-refractivity contribution in [2.75, 3.05) is 12.4 Å². The molecule has 0 radical (unpaired) electrons. The van der Waals surface area contributed by atoms with Crippen molar-refractivity contribution < 1.29 is 4.74 Å². The average molecular weight is 385 g/mol. The zero-order valence-electron chi connectivity index (χ0n) is 16.7. The van der Waals surface area contributed by atoms with Gasteiger partial charge in [-0.15, -0.1) is 11.8 Å². The van der Waals surface area contributed by atoms with Crippen LogP contribution in [0.3, 0.4) is 0 Å². The van der Waals surface area contributed by atoms with E-state index >= 15 is 0 Å². The largest absolute Gasteiger partial charge is 0.496 e. The molecule has 0 bridgehead atoms. The molecule has 0 aliphatic heterocycles. The summed E-state index contributed by atoms with van der Waals surface area (Å²) in [5.41, 5.74) is 4.11. The fraction of sp³-hybridized carbons (Fsp3) is 0.429. The van der Waals surface area contributed by atoms with Crippen LogP contribution < -0.4 is 10.1 Å². The molecule has 0 aliphatic rings. The monoisotopic (exact) mass is 384 g/mol. The lowest BCUT2D eigenvalue weighted by Gasteiger charge is -2.17. The molecule has 0 saturated carbocycles. The third-order valence-electron chi connectivity index (χ3n) is 4.89. The minimum Gasteiger partial charge on any atom is -0.496 e. The number of rotatable bonds is 8. The van der Waals surface area contributed by atoms with E-state index in [2.05, 4.69) is 47.3 Å². The summed E-state index contributed by atoms with van der Waals surface area (Å²) in [6.07, 6.45) is 5.35. The first-order valence-corrected chi connectivity index (χ1v) is 10.4. The van der Waals surface area contributed by atoms with Gasteiger partial charge in [0.25, 0.3) is 0 Å². The molecule has 2 aromatic heterocycles. The first kappa shape index (κ1) is 19.5. The lowest BCUT2D eigenvalue weighted by atomic mass is 10.1. The quantitative estimate of drug-likeness (QED) is 0.467. The SMILES string of the molecule is CCCC(CC)Sc1cc2c(Nc3n[nH]c(C)c3C)ccnc2cc1OC. The van der Waals surface area contributed by atoms with Gasteiger partial charge in [-0.05, 0) is 38.8 Å². The summed E-state index contributed by atoms with van der Waals surface area (Å²) in [4.78, 5) is 5.70. The molecule has 3 rings (SSSR count). The number of aryl methyl sites for hydroxylation is 1.